The van der Waals surface area contributed by atoms with Crippen LogP contribution in [-0.2, 0) is 11.3 Å². The number of thiophene rings is 1. The van der Waals surface area contributed by atoms with Gasteiger partial charge >= 0.3 is 5.97 Å². The third kappa shape index (κ3) is 3.34. The number of benzene rings is 1. The highest BCUT2D eigenvalue weighted by atomic mass is 32.1. The zero-order valence-electron chi connectivity index (χ0n) is 10.1. The van der Waals surface area contributed by atoms with Gasteiger partial charge in [0, 0.05) is 0 Å². The van der Waals surface area contributed by atoms with Crippen molar-refractivity contribution in [2.24, 2.45) is 0 Å². The Bertz CT molecular complexity index is 506. The molecule has 2 aromatic rings. The maximum atomic E-state index is 11.6. The molecular formula is C14H14O3S. The smallest absolute Gasteiger partial charge is 0.338 e. The van der Waals surface area contributed by atoms with E-state index in [0.29, 0.717) is 24.5 Å². The van der Waals surface area contributed by atoms with Gasteiger partial charge in [-0.15, -0.1) is 0 Å². The number of hydrogen-bond acceptors (Lipinski definition) is 4. The molecular weight excluding hydrogens is 248 g/mol. The van der Waals surface area contributed by atoms with Gasteiger partial charge in [-0.3, -0.25) is 0 Å². The molecule has 0 bridgehead atoms. The van der Waals surface area contributed by atoms with Crippen LogP contribution in [0.3, 0.4) is 0 Å². The Morgan fingerprint density at radius 2 is 2.22 bits per heavy atom. The lowest BCUT2D eigenvalue weighted by Gasteiger charge is -2.06. The summed E-state index contributed by atoms with van der Waals surface area (Å²) in [5.74, 6) is 0.352. The molecule has 0 fully saturated rings. The first-order valence-corrected chi connectivity index (χ1v) is 6.65. The lowest BCUT2D eigenvalue weighted by molar-refractivity contribution is 0.0526. The van der Waals surface area contributed by atoms with E-state index in [1.807, 2.05) is 22.9 Å². The largest absolute Gasteiger partial charge is 0.489 e. The summed E-state index contributed by atoms with van der Waals surface area (Å²) < 4.78 is 10.6. The summed E-state index contributed by atoms with van der Waals surface area (Å²) >= 11 is 1.64. The molecule has 3 nitrogen and oxygen atoms in total. The third-order valence-corrected chi connectivity index (χ3v) is 3.06. The lowest BCUT2D eigenvalue weighted by atomic mass is 10.2. The third-order valence-electron chi connectivity index (χ3n) is 2.33. The van der Waals surface area contributed by atoms with Crippen molar-refractivity contribution in [1.29, 1.82) is 0 Å². The van der Waals surface area contributed by atoms with Crippen molar-refractivity contribution in [1.82, 2.24) is 0 Å². The van der Waals surface area contributed by atoms with E-state index in [9.17, 15) is 4.79 Å². The average Bonchev–Trinajstić information content (AvgIpc) is 2.90. The topological polar surface area (TPSA) is 35.5 Å². The Hall–Kier alpha value is -1.81. The van der Waals surface area contributed by atoms with E-state index in [1.54, 1.807) is 36.5 Å². The predicted octanol–water partition coefficient (Wildman–Crippen LogP) is 3.50. The van der Waals surface area contributed by atoms with Gasteiger partial charge in [0.1, 0.15) is 12.4 Å². The summed E-state index contributed by atoms with van der Waals surface area (Å²) in [6, 6.07) is 9.05. The van der Waals surface area contributed by atoms with Crippen LogP contribution in [0.2, 0.25) is 0 Å². The summed E-state index contributed by atoms with van der Waals surface area (Å²) in [6.45, 7) is 2.67. The molecule has 1 aromatic heterocycles. The highest BCUT2D eigenvalue weighted by Crippen LogP contribution is 2.16. The van der Waals surface area contributed by atoms with Crippen LogP contribution in [-0.4, -0.2) is 12.6 Å². The average molecular weight is 262 g/mol. The van der Waals surface area contributed by atoms with E-state index < -0.39 is 0 Å². The van der Waals surface area contributed by atoms with E-state index in [-0.39, 0.29) is 5.97 Å². The highest BCUT2D eigenvalue weighted by Gasteiger charge is 2.07. The number of rotatable bonds is 5. The van der Waals surface area contributed by atoms with E-state index in [4.69, 9.17) is 9.47 Å². The minimum absolute atomic E-state index is 0.321. The zero-order chi connectivity index (χ0) is 12.8. The van der Waals surface area contributed by atoms with Gasteiger partial charge in [-0.1, -0.05) is 6.07 Å². The van der Waals surface area contributed by atoms with Gasteiger partial charge in [-0.25, -0.2) is 4.79 Å². The van der Waals surface area contributed by atoms with E-state index in [2.05, 4.69) is 0 Å². The Morgan fingerprint density at radius 1 is 1.33 bits per heavy atom. The van der Waals surface area contributed by atoms with Gasteiger partial charge < -0.3 is 9.47 Å². The number of hydrogen-bond donors (Lipinski definition) is 0. The zero-order valence-corrected chi connectivity index (χ0v) is 10.9. The van der Waals surface area contributed by atoms with Gasteiger partial charge in [-0.05, 0) is 47.5 Å². The van der Waals surface area contributed by atoms with Crippen molar-refractivity contribution in [3.8, 4) is 5.75 Å². The van der Waals surface area contributed by atoms with Crippen LogP contribution >= 0.6 is 11.3 Å². The molecule has 0 saturated heterocycles. The molecule has 94 valence electrons. The fourth-order valence-corrected chi connectivity index (χ4v) is 2.12. The van der Waals surface area contributed by atoms with E-state index in [1.165, 1.54) is 0 Å². The Labute approximate surface area is 110 Å². The van der Waals surface area contributed by atoms with Gasteiger partial charge in [0.05, 0.1) is 12.2 Å². The van der Waals surface area contributed by atoms with Crippen LogP contribution in [0.25, 0.3) is 0 Å². The van der Waals surface area contributed by atoms with Crippen molar-refractivity contribution < 1.29 is 14.3 Å². The Kier molecular flexibility index (Phi) is 4.36. The van der Waals surface area contributed by atoms with Gasteiger partial charge in [0.2, 0.25) is 0 Å². The molecule has 1 heterocycles. The van der Waals surface area contributed by atoms with Crippen LogP contribution < -0.4 is 4.74 Å². The number of carbonyl (C=O) groups is 1. The fraction of sp³-hybridized carbons (Fsp3) is 0.214. The first-order chi connectivity index (χ1) is 8.79. The van der Waals surface area contributed by atoms with Crippen LogP contribution in [0.5, 0.6) is 5.75 Å². The molecule has 18 heavy (non-hydrogen) atoms. The maximum Gasteiger partial charge on any atom is 0.338 e. The summed E-state index contributed by atoms with van der Waals surface area (Å²) in [4.78, 5) is 11.6. The van der Waals surface area contributed by atoms with E-state index >= 15 is 0 Å². The number of ether oxygens (including phenoxy) is 2. The summed E-state index contributed by atoms with van der Waals surface area (Å²) in [7, 11) is 0. The van der Waals surface area contributed by atoms with Crippen LogP contribution in [0, 0.1) is 0 Å². The van der Waals surface area contributed by atoms with Crippen LogP contribution in [0.1, 0.15) is 22.8 Å². The molecule has 0 aliphatic heterocycles. The molecule has 0 unspecified atom stereocenters. The summed E-state index contributed by atoms with van der Waals surface area (Å²) in [6.07, 6.45) is 0. The molecule has 0 aliphatic carbocycles. The molecule has 0 saturated carbocycles. The first-order valence-electron chi connectivity index (χ1n) is 5.70. The standard InChI is InChI=1S/C14H14O3S/c1-2-16-14(15)12-4-3-5-13(8-12)17-9-11-6-7-18-10-11/h3-8,10H,2,9H2,1H3. The van der Waals surface area contributed by atoms with Crippen LogP contribution in [0.4, 0.5) is 0 Å². The number of carbonyl (C=O) groups excluding carboxylic acids is 1. The van der Waals surface area contributed by atoms with Crippen molar-refractivity contribution in [3.05, 3.63) is 52.2 Å². The molecule has 0 spiro atoms. The molecule has 0 amide bonds. The second-order valence-corrected chi connectivity index (χ2v) is 4.45. The second-order valence-electron chi connectivity index (χ2n) is 3.67. The van der Waals surface area contributed by atoms with Crippen molar-refractivity contribution in [2.75, 3.05) is 6.61 Å². The minimum atomic E-state index is -0.321. The number of esters is 1. The molecule has 2 rings (SSSR count). The van der Waals surface area contributed by atoms with E-state index in [0.717, 1.165) is 5.56 Å². The summed E-state index contributed by atoms with van der Waals surface area (Å²) in [5.41, 5.74) is 1.64. The molecule has 4 heteroatoms. The van der Waals surface area contributed by atoms with Gasteiger partial charge in [0.25, 0.3) is 0 Å². The normalized spacial score (nSPS) is 10.1. The maximum absolute atomic E-state index is 11.6. The lowest BCUT2D eigenvalue weighted by Crippen LogP contribution is -2.04. The van der Waals surface area contributed by atoms with Gasteiger partial charge in [-0.2, -0.15) is 11.3 Å². The molecule has 0 radical (unpaired) electrons. The molecule has 0 atom stereocenters. The fourth-order valence-electron chi connectivity index (χ4n) is 1.47. The Balaban J connectivity index is 2.01. The highest BCUT2D eigenvalue weighted by molar-refractivity contribution is 7.07. The van der Waals surface area contributed by atoms with Crippen molar-refractivity contribution in [3.63, 3.8) is 0 Å². The summed E-state index contributed by atoms with van der Waals surface area (Å²) in [5, 5.41) is 4.04. The molecule has 1 aromatic carbocycles. The first kappa shape index (κ1) is 12.6. The predicted molar refractivity (Wildman–Crippen MR) is 71.0 cm³/mol. The quantitative estimate of drug-likeness (QED) is 0.774. The minimum Gasteiger partial charge on any atom is -0.489 e. The second kappa shape index (κ2) is 6.21. The van der Waals surface area contributed by atoms with Crippen LogP contribution in [0.15, 0.2) is 41.1 Å². The monoisotopic (exact) mass is 262 g/mol. The van der Waals surface area contributed by atoms with Crippen molar-refractivity contribution >= 4 is 17.3 Å². The van der Waals surface area contributed by atoms with Crippen molar-refractivity contribution in [2.45, 2.75) is 13.5 Å². The molecule has 0 aliphatic rings. The van der Waals surface area contributed by atoms with Gasteiger partial charge in [0.15, 0.2) is 0 Å². The SMILES string of the molecule is CCOC(=O)c1cccc(OCc2ccsc2)c1. The Morgan fingerprint density at radius 3 is 2.94 bits per heavy atom. The molecule has 0 N–H and O–H groups in total.